The molecule has 1 aromatic carbocycles. The maximum absolute atomic E-state index is 14.0. The van der Waals surface area contributed by atoms with E-state index in [-0.39, 0.29) is 29.4 Å². The summed E-state index contributed by atoms with van der Waals surface area (Å²) >= 11 is 1.56. The van der Waals surface area contributed by atoms with Crippen LogP contribution in [0.15, 0.2) is 55.0 Å². The molecule has 242 valence electrons. The third-order valence-electron chi connectivity index (χ3n) is 9.65. The van der Waals surface area contributed by atoms with E-state index >= 15 is 0 Å². The third-order valence-corrected chi connectivity index (χ3v) is 10.7. The maximum atomic E-state index is 14.0. The maximum Gasteiger partial charge on any atom is 0.239 e. The lowest BCUT2D eigenvalue weighted by molar-refractivity contribution is -0.136. The summed E-state index contributed by atoms with van der Waals surface area (Å²) in [5.41, 5.74) is 2.58. The van der Waals surface area contributed by atoms with E-state index in [1.807, 2.05) is 37.9 Å². The first-order chi connectivity index (χ1) is 22.6. The molecule has 47 heavy (non-hydrogen) atoms. The highest BCUT2D eigenvalue weighted by Gasteiger charge is 2.52. The van der Waals surface area contributed by atoms with Crippen molar-refractivity contribution in [2.75, 3.05) is 37.6 Å². The number of benzene rings is 1. The number of pyridine rings is 1. The molecule has 0 radical (unpaired) electrons. The van der Waals surface area contributed by atoms with Crippen molar-refractivity contribution in [2.24, 2.45) is 12.5 Å². The molecule has 2 atom stereocenters. The van der Waals surface area contributed by atoms with Crippen molar-refractivity contribution in [1.29, 1.82) is 5.41 Å². The Morgan fingerprint density at radius 3 is 2.60 bits per heavy atom. The minimum absolute atomic E-state index is 0.0181. The summed E-state index contributed by atoms with van der Waals surface area (Å²) in [4.78, 5) is 47.9. The molecule has 6 heterocycles. The van der Waals surface area contributed by atoms with Gasteiger partial charge in [0.1, 0.15) is 23.0 Å². The molecule has 13 heteroatoms. The molecule has 1 spiro atoms. The van der Waals surface area contributed by atoms with Crippen molar-refractivity contribution in [3.8, 4) is 10.7 Å². The second-order valence-corrected chi connectivity index (χ2v) is 13.7. The fourth-order valence-corrected chi connectivity index (χ4v) is 7.71. The predicted octanol–water partition coefficient (Wildman–Crippen LogP) is 4.33. The first kappa shape index (κ1) is 31.0. The molecule has 3 aliphatic heterocycles. The van der Waals surface area contributed by atoms with E-state index in [0.717, 1.165) is 27.4 Å². The molecule has 4 aromatic rings. The van der Waals surface area contributed by atoms with Gasteiger partial charge in [0, 0.05) is 51.5 Å². The summed E-state index contributed by atoms with van der Waals surface area (Å²) in [6.45, 7) is 6.69. The number of nitrogens with one attached hydrogen (secondary N) is 1. The molecule has 2 saturated heterocycles. The van der Waals surface area contributed by atoms with E-state index in [9.17, 15) is 14.0 Å². The van der Waals surface area contributed by atoms with Gasteiger partial charge in [-0.25, -0.2) is 19.3 Å². The normalized spacial score (nSPS) is 20.7. The summed E-state index contributed by atoms with van der Waals surface area (Å²) in [5.74, 6) is 0.900. The van der Waals surface area contributed by atoms with Crippen molar-refractivity contribution in [2.45, 2.75) is 39.2 Å². The largest absolute Gasteiger partial charge is 0.337 e. The lowest BCUT2D eigenvalue weighted by Crippen LogP contribution is -2.48. The number of nitrogens with zero attached hydrogens (tertiary/aromatic N) is 8. The second-order valence-electron chi connectivity index (χ2n) is 12.6. The standard InChI is InChI=1S/C34H36FN9O2S/c1-21-4-9-27(39-29(21)28(36)23-5-7-25(35)8-6-23)44-17-13-34(33(44)46)12-16-43(19-34)22(2)32(45)42-14-10-24(11-15-42)31-37-18-26(47-31)30-38-20-41(3)40-30/h4-10,18,20,22,36H,11-17,19H2,1-3H3/t22?,34-/m0/s1. The van der Waals surface area contributed by atoms with Gasteiger partial charge >= 0.3 is 0 Å². The smallest absolute Gasteiger partial charge is 0.239 e. The van der Waals surface area contributed by atoms with Gasteiger partial charge < -0.3 is 4.90 Å². The molecule has 1 unspecified atom stereocenters. The Balaban J connectivity index is 0.988. The van der Waals surface area contributed by atoms with Crippen LogP contribution in [0, 0.1) is 23.6 Å². The van der Waals surface area contributed by atoms with Crippen molar-refractivity contribution in [3.05, 3.63) is 82.6 Å². The molecule has 3 aliphatic rings. The molecule has 3 aromatic heterocycles. The van der Waals surface area contributed by atoms with Crippen LogP contribution in [0.4, 0.5) is 10.2 Å². The Labute approximate surface area is 276 Å². The lowest BCUT2D eigenvalue weighted by Gasteiger charge is -2.32. The van der Waals surface area contributed by atoms with E-state index in [4.69, 9.17) is 10.4 Å². The van der Waals surface area contributed by atoms with Crippen LogP contribution in [0.25, 0.3) is 16.3 Å². The average molecular weight is 654 g/mol. The Bertz CT molecular complexity index is 1900. The minimum atomic E-state index is -0.564. The monoisotopic (exact) mass is 653 g/mol. The number of aryl methyl sites for hydroxylation is 2. The van der Waals surface area contributed by atoms with Crippen molar-refractivity contribution in [3.63, 3.8) is 0 Å². The summed E-state index contributed by atoms with van der Waals surface area (Å²) in [7, 11) is 1.84. The number of anilines is 1. The molecular formula is C34H36FN9O2S. The van der Waals surface area contributed by atoms with Crippen LogP contribution in [0.2, 0.25) is 0 Å². The van der Waals surface area contributed by atoms with Crippen LogP contribution >= 0.6 is 11.3 Å². The van der Waals surface area contributed by atoms with Gasteiger partial charge in [0.05, 0.1) is 27.7 Å². The third kappa shape index (κ3) is 5.78. The van der Waals surface area contributed by atoms with Crippen molar-refractivity contribution < 1.29 is 14.0 Å². The number of carbonyl (C=O) groups is 2. The highest BCUT2D eigenvalue weighted by Crippen LogP contribution is 2.43. The number of hydrogen-bond donors (Lipinski definition) is 1. The van der Waals surface area contributed by atoms with E-state index in [1.54, 1.807) is 45.6 Å². The van der Waals surface area contributed by atoms with Crippen LogP contribution in [-0.4, -0.2) is 90.8 Å². The SMILES string of the molecule is Cc1ccc(N2CC[C@]3(CCN(C(C)C(=O)N4CC=C(c5ncc(-c6ncn(C)n6)s5)CC4)C3)C2=O)nc1C(=N)c1ccc(F)cc1. The number of amides is 2. The number of likely N-dealkylation sites (tertiary alicyclic amines) is 1. The number of carbonyl (C=O) groups excluding carboxylic acids is 2. The van der Waals surface area contributed by atoms with E-state index in [2.05, 4.69) is 26.0 Å². The summed E-state index contributed by atoms with van der Waals surface area (Å²) < 4.78 is 15.1. The highest BCUT2D eigenvalue weighted by molar-refractivity contribution is 7.16. The molecule has 2 fully saturated rings. The Morgan fingerprint density at radius 1 is 1.09 bits per heavy atom. The van der Waals surface area contributed by atoms with Crippen LogP contribution in [0.5, 0.6) is 0 Å². The van der Waals surface area contributed by atoms with Crippen LogP contribution in [-0.2, 0) is 16.6 Å². The van der Waals surface area contributed by atoms with Crippen molar-refractivity contribution >= 4 is 40.3 Å². The summed E-state index contributed by atoms with van der Waals surface area (Å²) in [5, 5.41) is 14.0. The zero-order valence-corrected chi connectivity index (χ0v) is 27.4. The van der Waals surface area contributed by atoms with Gasteiger partial charge in [-0.3, -0.25) is 29.5 Å². The van der Waals surface area contributed by atoms with Gasteiger partial charge in [0.25, 0.3) is 0 Å². The van der Waals surface area contributed by atoms with E-state index < -0.39 is 5.41 Å². The average Bonchev–Trinajstić information content (AvgIpc) is 3.89. The fraction of sp³-hybridized carbons (Fsp3) is 0.382. The molecule has 7 rings (SSSR count). The van der Waals surface area contributed by atoms with Gasteiger partial charge in [-0.15, -0.1) is 11.3 Å². The number of hydrogen-bond acceptors (Lipinski definition) is 9. The van der Waals surface area contributed by atoms with Crippen LogP contribution in [0.1, 0.15) is 48.0 Å². The first-order valence-electron chi connectivity index (χ1n) is 15.8. The molecule has 1 N–H and O–H groups in total. The molecule has 2 amide bonds. The highest BCUT2D eigenvalue weighted by atomic mass is 32.1. The Hall–Kier alpha value is -4.62. The molecule has 0 saturated carbocycles. The van der Waals surface area contributed by atoms with Gasteiger partial charge in [-0.2, -0.15) is 5.10 Å². The second kappa shape index (κ2) is 12.2. The zero-order valence-electron chi connectivity index (χ0n) is 26.6. The van der Waals surface area contributed by atoms with Gasteiger partial charge in [0.15, 0.2) is 5.82 Å². The molecule has 11 nitrogen and oxygen atoms in total. The quantitative estimate of drug-likeness (QED) is 0.295. The molecular weight excluding hydrogens is 618 g/mol. The Kier molecular flexibility index (Phi) is 8.04. The Morgan fingerprint density at radius 2 is 1.87 bits per heavy atom. The van der Waals surface area contributed by atoms with Crippen molar-refractivity contribution in [1.82, 2.24) is 34.5 Å². The van der Waals surface area contributed by atoms with Gasteiger partial charge in [0.2, 0.25) is 11.8 Å². The van der Waals surface area contributed by atoms with Crippen LogP contribution < -0.4 is 4.90 Å². The lowest BCUT2D eigenvalue weighted by atomic mass is 9.85. The van der Waals surface area contributed by atoms with E-state index in [0.29, 0.717) is 68.5 Å². The minimum Gasteiger partial charge on any atom is -0.337 e. The zero-order chi connectivity index (χ0) is 32.9. The predicted molar refractivity (Wildman–Crippen MR) is 178 cm³/mol. The van der Waals surface area contributed by atoms with Gasteiger partial charge in [-0.05, 0) is 74.6 Å². The summed E-state index contributed by atoms with van der Waals surface area (Å²) in [6, 6.07) is 9.14. The molecule has 0 bridgehead atoms. The topological polar surface area (TPSA) is 124 Å². The number of rotatable bonds is 7. The summed E-state index contributed by atoms with van der Waals surface area (Å²) in [6.07, 6.45) is 7.66. The number of aromatic nitrogens is 5. The van der Waals surface area contributed by atoms with E-state index in [1.165, 1.54) is 12.1 Å². The molecule has 0 aliphatic carbocycles. The number of thiazole rings is 1. The number of halogens is 1. The van der Waals surface area contributed by atoms with Crippen LogP contribution in [0.3, 0.4) is 0 Å². The van der Waals surface area contributed by atoms with Gasteiger partial charge in [-0.1, -0.05) is 12.1 Å². The first-order valence-corrected chi connectivity index (χ1v) is 16.6. The fourth-order valence-electron chi connectivity index (χ4n) is 6.79.